The topological polar surface area (TPSA) is 12.4 Å². The van der Waals surface area contributed by atoms with Crippen molar-refractivity contribution in [3.05, 3.63) is 65.7 Å². The lowest BCUT2D eigenvalue weighted by molar-refractivity contribution is 0.602. The van der Waals surface area contributed by atoms with Crippen molar-refractivity contribution in [2.24, 2.45) is 4.99 Å². The summed E-state index contributed by atoms with van der Waals surface area (Å²) >= 11 is 0. The maximum absolute atomic E-state index is 13.2. The van der Waals surface area contributed by atoms with Crippen LogP contribution in [0, 0.1) is 11.6 Å². The highest BCUT2D eigenvalue weighted by molar-refractivity contribution is 5.81. The summed E-state index contributed by atoms with van der Waals surface area (Å²) in [7, 11) is 0. The molecule has 3 heteroatoms. The molecule has 0 fully saturated rings. The van der Waals surface area contributed by atoms with Crippen molar-refractivity contribution in [2.45, 2.75) is 0 Å². The zero-order chi connectivity index (χ0) is 11.4. The Hall–Kier alpha value is -2.03. The summed E-state index contributed by atoms with van der Waals surface area (Å²) in [4.78, 5) is 3.90. The van der Waals surface area contributed by atoms with Gasteiger partial charge in [0.05, 0.1) is 0 Å². The summed E-state index contributed by atoms with van der Waals surface area (Å²) in [5, 5.41) is 0. The number of aliphatic imine (C=N–C) groups is 1. The molecule has 0 spiro atoms. The number of benzene rings is 2. The van der Waals surface area contributed by atoms with Crippen LogP contribution < -0.4 is 0 Å². The summed E-state index contributed by atoms with van der Waals surface area (Å²) in [5.74, 6) is -1.03. The van der Waals surface area contributed by atoms with E-state index in [2.05, 4.69) is 4.99 Å². The molecule has 2 aromatic carbocycles. The van der Waals surface area contributed by atoms with Gasteiger partial charge in [-0.25, -0.2) is 8.78 Å². The van der Waals surface area contributed by atoms with E-state index in [-0.39, 0.29) is 5.69 Å². The van der Waals surface area contributed by atoms with Crippen LogP contribution in [0.4, 0.5) is 14.5 Å². The molecular formula is C13H9F2N. The molecule has 0 bridgehead atoms. The second kappa shape index (κ2) is 4.66. The first-order valence-corrected chi connectivity index (χ1v) is 4.80. The van der Waals surface area contributed by atoms with Gasteiger partial charge in [-0.05, 0) is 17.7 Å². The summed E-state index contributed by atoms with van der Waals surface area (Å²) in [6.07, 6.45) is 1.50. The second-order valence-corrected chi connectivity index (χ2v) is 3.26. The highest BCUT2D eigenvalue weighted by atomic mass is 19.1. The second-order valence-electron chi connectivity index (χ2n) is 3.26. The number of hydrogen-bond donors (Lipinski definition) is 0. The number of rotatable bonds is 2. The molecule has 80 valence electrons. The molecule has 0 radical (unpaired) electrons. The average Bonchev–Trinajstić information content (AvgIpc) is 2.32. The Kier molecular flexibility index (Phi) is 3.05. The van der Waals surface area contributed by atoms with E-state index in [9.17, 15) is 8.78 Å². The summed E-state index contributed by atoms with van der Waals surface area (Å²) < 4.78 is 26.0. The van der Waals surface area contributed by atoms with Gasteiger partial charge < -0.3 is 0 Å². The van der Waals surface area contributed by atoms with Crippen LogP contribution in [0.1, 0.15) is 5.56 Å². The third kappa shape index (κ3) is 2.51. The number of nitrogens with zero attached hydrogens (tertiary/aromatic N) is 1. The van der Waals surface area contributed by atoms with Gasteiger partial charge >= 0.3 is 0 Å². The molecule has 1 nitrogen and oxygen atoms in total. The number of hydrogen-bond acceptors (Lipinski definition) is 1. The van der Waals surface area contributed by atoms with E-state index in [4.69, 9.17) is 0 Å². The van der Waals surface area contributed by atoms with E-state index in [1.807, 2.05) is 30.3 Å². The normalized spacial score (nSPS) is 10.9. The highest BCUT2D eigenvalue weighted by Gasteiger charge is 2.00. The molecule has 0 amide bonds. The van der Waals surface area contributed by atoms with Gasteiger partial charge in [-0.15, -0.1) is 0 Å². The molecule has 0 saturated heterocycles. The number of halogens is 2. The molecule has 0 atom stereocenters. The van der Waals surface area contributed by atoms with Gasteiger partial charge in [0.15, 0.2) is 0 Å². The van der Waals surface area contributed by atoms with E-state index < -0.39 is 11.6 Å². The van der Waals surface area contributed by atoms with Crippen LogP contribution in [0.25, 0.3) is 0 Å². The molecule has 0 aliphatic heterocycles. The molecule has 16 heavy (non-hydrogen) atoms. The molecule has 0 aliphatic carbocycles. The van der Waals surface area contributed by atoms with Crippen LogP contribution in [0.5, 0.6) is 0 Å². The Labute approximate surface area is 92.1 Å². The van der Waals surface area contributed by atoms with Gasteiger partial charge in [0.25, 0.3) is 0 Å². The minimum atomic E-state index is -0.534. The van der Waals surface area contributed by atoms with Gasteiger partial charge in [0.1, 0.15) is 17.3 Å². The van der Waals surface area contributed by atoms with Crippen molar-refractivity contribution >= 4 is 11.9 Å². The fourth-order valence-electron chi connectivity index (χ4n) is 1.27. The van der Waals surface area contributed by atoms with Crippen molar-refractivity contribution in [3.8, 4) is 0 Å². The Balaban J connectivity index is 2.27. The predicted molar refractivity (Wildman–Crippen MR) is 60.1 cm³/mol. The Bertz CT molecular complexity index is 507. The molecule has 0 saturated carbocycles. The van der Waals surface area contributed by atoms with Crippen molar-refractivity contribution in [1.82, 2.24) is 0 Å². The van der Waals surface area contributed by atoms with E-state index in [1.165, 1.54) is 6.21 Å². The van der Waals surface area contributed by atoms with Crippen molar-refractivity contribution in [2.75, 3.05) is 0 Å². The smallest absolute Gasteiger partial charge is 0.149 e. The molecule has 2 aromatic rings. The zero-order valence-electron chi connectivity index (χ0n) is 8.40. The van der Waals surface area contributed by atoms with Gasteiger partial charge in [-0.1, -0.05) is 30.3 Å². The van der Waals surface area contributed by atoms with Gasteiger partial charge in [0.2, 0.25) is 0 Å². The quantitative estimate of drug-likeness (QED) is 0.680. The largest absolute Gasteiger partial charge is 0.253 e. The molecule has 0 aliphatic rings. The summed E-state index contributed by atoms with van der Waals surface area (Å²) in [6.45, 7) is 0. The summed E-state index contributed by atoms with van der Waals surface area (Å²) in [6, 6.07) is 12.4. The maximum atomic E-state index is 13.2. The monoisotopic (exact) mass is 217 g/mol. The van der Waals surface area contributed by atoms with Crippen LogP contribution >= 0.6 is 0 Å². The Morgan fingerprint density at radius 2 is 1.69 bits per heavy atom. The standard InChI is InChI=1S/C13H9F2N/c14-11-6-7-12(15)13(8-11)16-9-10-4-2-1-3-5-10/h1-9H. The van der Waals surface area contributed by atoms with Gasteiger partial charge in [-0.2, -0.15) is 0 Å². The van der Waals surface area contributed by atoms with E-state index in [0.29, 0.717) is 0 Å². The lowest BCUT2D eigenvalue weighted by Gasteiger charge is -1.96. The minimum Gasteiger partial charge on any atom is -0.253 e. The van der Waals surface area contributed by atoms with Crippen LogP contribution in [0.2, 0.25) is 0 Å². The Morgan fingerprint density at radius 1 is 0.938 bits per heavy atom. The minimum absolute atomic E-state index is 0.00357. The average molecular weight is 217 g/mol. The van der Waals surface area contributed by atoms with Crippen molar-refractivity contribution in [3.63, 3.8) is 0 Å². The zero-order valence-corrected chi connectivity index (χ0v) is 8.40. The lowest BCUT2D eigenvalue weighted by atomic mass is 10.2. The third-order valence-electron chi connectivity index (χ3n) is 2.06. The fourth-order valence-corrected chi connectivity index (χ4v) is 1.27. The van der Waals surface area contributed by atoms with E-state index in [0.717, 1.165) is 23.8 Å². The molecular weight excluding hydrogens is 208 g/mol. The molecule has 0 aromatic heterocycles. The first kappa shape index (κ1) is 10.5. The molecule has 0 N–H and O–H groups in total. The van der Waals surface area contributed by atoms with Crippen molar-refractivity contribution in [1.29, 1.82) is 0 Å². The molecule has 0 unspecified atom stereocenters. The first-order valence-electron chi connectivity index (χ1n) is 4.80. The van der Waals surface area contributed by atoms with Crippen LogP contribution in [-0.2, 0) is 0 Å². The maximum Gasteiger partial charge on any atom is 0.149 e. The Morgan fingerprint density at radius 3 is 2.44 bits per heavy atom. The van der Waals surface area contributed by atoms with Gasteiger partial charge in [-0.3, -0.25) is 4.99 Å². The summed E-state index contributed by atoms with van der Waals surface area (Å²) in [5.41, 5.74) is 0.843. The van der Waals surface area contributed by atoms with Crippen LogP contribution in [0.3, 0.4) is 0 Å². The van der Waals surface area contributed by atoms with Crippen LogP contribution in [-0.4, -0.2) is 6.21 Å². The van der Waals surface area contributed by atoms with Gasteiger partial charge in [0, 0.05) is 12.3 Å². The predicted octanol–water partition coefficient (Wildman–Crippen LogP) is 3.72. The SMILES string of the molecule is Fc1ccc(F)c(N=Cc2ccccc2)c1. The molecule has 2 rings (SSSR count). The van der Waals surface area contributed by atoms with Crippen molar-refractivity contribution < 1.29 is 8.78 Å². The molecule has 0 heterocycles. The first-order chi connectivity index (χ1) is 7.75. The fraction of sp³-hybridized carbons (Fsp3) is 0. The van der Waals surface area contributed by atoms with Crippen LogP contribution in [0.15, 0.2) is 53.5 Å². The van der Waals surface area contributed by atoms with E-state index >= 15 is 0 Å². The third-order valence-corrected chi connectivity index (χ3v) is 2.06. The highest BCUT2D eigenvalue weighted by Crippen LogP contribution is 2.18. The lowest BCUT2D eigenvalue weighted by Crippen LogP contribution is -1.82. The van der Waals surface area contributed by atoms with E-state index in [1.54, 1.807) is 0 Å².